The summed E-state index contributed by atoms with van der Waals surface area (Å²) in [6.07, 6.45) is 0. The second kappa shape index (κ2) is 4.45. The standard InChI is InChI=1S/C14H15FN2/c1-9-4-3-5-13(14(9)16)17-11-6-7-12(15)10(2)8-11/h3-8,17H,16H2,1-2H3. The maximum absolute atomic E-state index is 13.1. The van der Waals surface area contributed by atoms with Crippen LogP contribution in [0.5, 0.6) is 0 Å². The Morgan fingerprint density at radius 2 is 1.82 bits per heavy atom. The van der Waals surface area contributed by atoms with Crippen molar-refractivity contribution in [3.8, 4) is 0 Å². The molecule has 0 unspecified atom stereocenters. The van der Waals surface area contributed by atoms with Gasteiger partial charge in [0.05, 0.1) is 11.4 Å². The average molecular weight is 230 g/mol. The van der Waals surface area contributed by atoms with Crippen molar-refractivity contribution < 1.29 is 4.39 Å². The molecule has 0 aliphatic carbocycles. The van der Waals surface area contributed by atoms with Gasteiger partial charge in [-0.25, -0.2) is 4.39 Å². The highest BCUT2D eigenvalue weighted by atomic mass is 19.1. The maximum atomic E-state index is 13.1. The molecule has 0 bridgehead atoms. The summed E-state index contributed by atoms with van der Waals surface area (Å²) in [4.78, 5) is 0. The van der Waals surface area contributed by atoms with Gasteiger partial charge in [-0.1, -0.05) is 12.1 Å². The zero-order chi connectivity index (χ0) is 12.4. The summed E-state index contributed by atoms with van der Waals surface area (Å²) in [6.45, 7) is 3.69. The molecule has 0 atom stereocenters. The van der Waals surface area contributed by atoms with Crippen LogP contribution >= 0.6 is 0 Å². The fourth-order valence-electron chi connectivity index (χ4n) is 1.67. The SMILES string of the molecule is Cc1cc(Nc2cccc(C)c2N)ccc1F. The topological polar surface area (TPSA) is 38.0 Å². The molecule has 88 valence electrons. The van der Waals surface area contributed by atoms with E-state index in [0.717, 1.165) is 22.6 Å². The molecular weight excluding hydrogens is 215 g/mol. The Bertz CT molecular complexity index is 550. The molecule has 2 aromatic carbocycles. The molecule has 0 spiro atoms. The van der Waals surface area contributed by atoms with Crippen LogP contribution in [0.3, 0.4) is 0 Å². The first-order valence-electron chi connectivity index (χ1n) is 5.46. The number of para-hydroxylation sites is 1. The largest absolute Gasteiger partial charge is 0.397 e. The van der Waals surface area contributed by atoms with Crippen molar-refractivity contribution in [2.75, 3.05) is 11.1 Å². The van der Waals surface area contributed by atoms with Crippen LogP contribution in [0.4, 0.5) is 21.5 Å². The predicted molar refractivity (Wildman–Crippen MR) is 70.0 cm³/mol. The number of benzene rings is 2. The molecule has 0 aromatic heterocycles. The lowest BCUT2D eigenvalue weighted by atomic mass is 10.1. The number of nitrogens with one attached hydrogen (secondary N) is 1. The van der Waals surface area contributed by atoms with Crippen LogP contribution in [0.2, 0.25) is 0 Å². The van der Waals surface area contributed by atoms with Gasteiger partial charge in [0.15, 0.2) is 0 Å². The lowest BCUT2D eigenvalue weighted by molar-refractivity contribution is 0.619. The highest BCUT2D eigenvalue weighted by Gasteiger charge is 2.03. The lowest BCUT2D eigenvalue weighted by Crippen LogP contribution is -1.98. The van der Waals surface area contributed by atoms with Crippen molar-refractivity contribution in [1.82, 2.24) is 0 Å². The quantitative estimate of drug-likeness (QED) is 0.771. The van der Waals surface area contributed by atoms with Crippen LogP contribution in [0.1, 0.15) is 11.1 Å². The summed E-state index contributed by atoms with van der Waals surface area (Å²) < 4.78 is 13.1. The Hall–Kier alpha value is -2.03. The summed E-state index contributed by atoms with van der Waals surface area (Å²) in [5.41, 5.74) is 9.99. The van der Waals surface area contributed by atoms with Gasteiger partial charge in [-0.3, -0.25) is 0 Å². The minimum atomic E-state index is -0.201. The fourth-order valence-corrected chi connectivity index (χ4v) is 1.67. The van der Waals surface area contributed by atoms with Gasteiger partial charge < -0.3 is 11.1 Å². The molecule has 0 radical (unpaired) electrons. The van der Waals surface area contributed by atoms with E-state index in [1.54, 1.807) is 19.1 Å². The van der Waals surface area contributed by atoms with Crippen LogP contribution in [-0.4, -0.2) is 0 Å². The Labute approximate surface area is 100 Å². The molecular formula is C14H15FN2. The molecule has 2 rings (SSSR count). The molecule has 0 saturated carbocycles. The van der Waals surface area contributed by atoms with Gasteiger partial charge in [-0.2, -0.15) is 0 Å². The fraction of sp³-hybridized carbons (Fsp3) is 0.143. The van der Waals surface area contributed by atoms with E-state index < -0.39 is 0 Å². The van der Waals surface area contributed by atoms with E-state index in [-0.39, 0.29) is 5.82 Å². The molecule has 3 N–H and O–H groups in total. The van der Waals surface area contributed by atoms with Crippen LogP contribution in [0.25, 0.3) is 0 Å². The van der Waals surface area contributed by atoms with E-state index in [1.807, 2.05) is 25.1 Å². The minimum Gasteiger partial charge on any atom is -0.397 e. The number of aryl methyl sites for hydroxylation is 2. The van der Waals surface area contributed by atoms with Crippen molar-refractivity contribution in [3.05, 3.63) is 53.3 Å². The molecule has 0 amide bonds. The Morgan fingerprint density at radius 3 is 2.53 bits per heavy atom. The summed E-state index contributed by atoms with van der Waals surface area (Å²) in [6, 6.07) is 10.7. The number of hydrogen-bond acceptors (Lipinski definition) is 2. The van der Waals surface area contributed by atoms with Crippen molar-refractivity contribution >= 4 is 17.1 Å². The number of nitrogen functional groups attached to an aromatic ring is 1. The second-order valence-electron chi connectivity index (χ2n) is 4.13. The van der Waals surface area contributed by atoms with E-state index in [2.05, 4.69) is 5.32 Å². The van der Waals surface area contributed by atoms with Crippen molar-refractivity contribution in [2.24, 2.45) is 0 Å². The first-order chi connectivity index (χ1) is 8.08. The minimum absolute atomic E-state index is 0.201. The Morgan fingerprint density at radius 1 is 1.06 bits per heavy atom. The first kappa shape index (κ1) is 11.5. The number of anilines is 3. The van der Waals surface area contributed by atoms with Gasteiger partial charge in [0.1, 0.15) is 5.82 Å². The molecule has 2 nitrogen and oxygen atoms in total. The molecule has 3 heteroatoms. The van der Waals surface area contributed by atoms with E-state index >= 15 is 0 Å². The van der Waals surface area contributed by atoms with Gasteiger partial charge in [0.2, 0.25) is 0 Å². The molecule has 0 heterocycles. The van der Waals surface area contributed by atoms with Crippen molar-refractivity contribution in [1.29, 1.82) is 0 Å². The monoisotopic (exact) mass is 230 g/mol. The molecule has 0 aliphatic rings. The summed E-state index contributed by atoms with van der Waals surface area (Å²) in [5.74, 6) is -0.201. The van der Waals surface area contributed by atoms with Gasteiger partial charge in [-0.05, 0) is 49.2 Å². The maximum Gasteiger partial charge on any atom is 0.126 e. The smallest absolute Gasteiger partial charge is 0.126 e. The highest BCUT2D eigenvalue weighted by Crippen LogP contribution is 2.26. The third kappa shape index (κ3) is 2.38. The predicted octanol–water partition coefficient (Wildman–Crippen LogP) is 3.77. The van der Waals surface area contributed by atoms with E-state index in [1.165, 1.54) is 6.07 Å². The van der Waals surface area contributed by atoms with Gasteiger partial charge >= 0.3 is 0 Å². The molecule has 0 fully saturated rings. The van der Waals surface area contributed by atoms with Crippen LogP contribution in [0.15, 0.2) is 36.4 Å². The number of hydrogen-bond donors (Lipinski definition) is 2. The normalized spacial score (nSPS) is 10.3. The van der Waals surface area contributed by atoms with Crippen LogP contribution in [-0.2, 0) is 0 Å². The summed E-state index contributed by atoms with van der Waals surface area (Å²) >= 11 is 0. The van der Waals surface area contributed by atoms with Crippen LogP contribution in [0, 0.1) is 19.7 Å². The average Bonchev–Trinajstić information content (AvgIpc) is 2.30. The number of rotatable bonds is 2. The van der Waals surface area contributed by atoms with E-state index in [9.17, 15) is 4.39 Å². The molecule has 2 aromatic rings. The third-order valence-electron chi connectivity index (χ3n) is 2.76. The summed E-state index contributed by atoms with van der Waals surface area (Å²) in [5, 5.41) is 3.19. The lowest BCUT2D eigenvalue weighted by Gasteiger charge is -2.11. The molecule has 0 aliphatic heterocycles. The second-order valence-corrected chi connectivity index (χ2v) is 4.13. The number of nitrogens with two attached hydrogens (primary N) is 1. The molecule has 17 heavy (non-hydrogen) atoms. The third-order valence-corrected chi connectivity index (χ3v) is 2.76. The zero-order valence-electron chi connectivity index (χ0n) is 9.92. The molecule has 0 saturated heterocycles. The van der Waals surface area contributed by atoms with Crippen molar-refractivity contribution in [3.63, 3.8) is 0 Å². The number of halogens is 1. The van der Waals surface area contributed by atoms with Gasteiger partial charge in [0.25, 0.3) is 0 Å². The zero-order valence-corrected chi connectivity index (χ0v) is 9.92. The van der Waals surface area contributed by atoms with Crippen molar-refractivity contribution in [2.45, 2.75) is 13.8 Å². The van der Waals surface area contributed by atoms with Crippen LogP contribution < -0.4 is 11.1 Å². The summed E-state index contributed by atoms with van der Waals surface area (Å²) in [7, 11) is 0. The first-order valence-corrected chi connectivity index (χ1v) is 5.46. The Balaban J connectivity index is 2.31. The van der Waals surface area contributed by atoms with Gasteiger partial charge in [0, 0.05) is 5.69 Å². The van der Waals surface area contributed by atoms with E-state index in [4.69, 9.17) is 5.73 Å². The van der Waals surface area contributed by atoms with E-state index in [0.29, 0.717) is 5.56 Å². The van der Waals surface area contributed by atoms with Gasteiger partial charge in [-0.15, -0.1) is 0 Å². The highest BCUT2D eigenvalue weighted by molar-refractivity contribution is 5.75. The Kier molecular flexibility index (Phi) is 3.00.